The molecule has 0 aromatic heterocycles. The highest BCUT2D eigenvalue weighted by Gasteiger charge is 2.33. The molecule has 0 amide bonds. The number of aliphatic hydroxyl groups is 2. The van der Waals surface area contributed by atoms with Gasteiger partial charge in [-0.2, -0.15) is 0 Å². The first kappa shape index (κ1) is 20.0. The van der Waals surface area contributed by atoms with Crippen molar-refractivity contribution >= 4 is 12.4 Å². The van der Waals surface area contributed by atoms with Gasteiger partial charge in [0.25, 0.3) is 0 Å². The second-order valence-electron chi connectivity index (χ2n) is 5.74. The lowest BCUT2D eigenvalue weighted by atomic mass is 9.96. The molecule has 0 bridgehead atoms. The van der Waals surface area contributed by atoms with Gasteiger partial charge in [-0.1, -0.05) is 0 Å². The summed E-state index contributed by atoms with van der Waals surface area (Å²) < 4.78 is 26.2. The molecular formula is C13H27ClF2N2O2. The van der Waals surface area contributed by atoms with Crippen molar-refractivity contribution in [3.05, 3.63) is 0 Å². The van der Waals surface area contributed by atoms with E-state index in [1.807, 2.05) is 11.9 Å². The Kier molecular flexibility index (Phi) is 9.09. The second kappa shape index (κ2) is 9.10. The van der Waals surface area contributed by atoms with Gasteiger partial charge >= 0.3 is 0 Å². The molecule has 0 unspecified atom stereocenters. The summed E-state index contributed by atoms with van der Waals surface area (Å²) in [6.45, 7) is 1.83. The molecule has 2 heterocycles. The van der Waals surface area contributed by atoms with Gasteiger partial charge in [0, 0.05) is 13.1 Å². The molecule has 2 saturated heterocycles. The molecule has 0 aromatic carbocycles. The fourth-order valence-electron chi connectivity index (χ4n) is 2.50. The number of hydrogen-bond acceptors (Lipinski definition) is 4. The summed E-state index contributed by atoms with van der Waals surface area (Å²) in [5.74, 6) is 0. The Bertz CT molecular complexity index is 269. The standard InChI is InChI=1S/C7H14FNO.C6H12FNO.ClH/c1-9-4-2-3-7(8,5-9)6-10;7-6(5-9)2-1-3-8-4-6;/h10H,2-6H2,1H3;8-9H,1-5H2;1H/t7-;6-;/m00./s1. The maximum Gasteiger partial charge on any atom is 0.146 e. The van der Waals surface area contributed by atoms with Crippen LogP contribution in [-0.2, 0) is 0 Å². The van der Waals surface area contributed by atoms with E-state index in [4.69, 9.17) is 10.2 Å². The van der Waals surface area contributed by atoms with E-state index in [1.165, 1.54) is 0 Å². The van der Waals surface area contributed by atoms with Gasteiger partial charge < -0.3 is 20.4 Å². The van der Waals surface area contributed by atoms with E-state index in [2.05, 4.69) is 5.32 Å². The van der Waals surface area contributed by atoms with E-state index in [1.54, 1.807) is 0 Å². The Balaban J connectivity index is 0.000000345. The van der Waals surface area contributed by atoms with Gasteiger partial charge in [-0.15, -0.1) is 12.4 Å². The summed E-state index contributed by atoms with van der Waals surface area (Å²) >= 11 is 0. The molecule has 2 atom stereocenters. The van der Waals surface area contributed by atoms with Crippen LogP contribution < -0.4 is 5.32 Å². The molecule has 2 aliphatic rings. The maximum atomic E-state index is 13.3. The van der Waals surface area contributed by atoms with Crippen molar-refractivity contribution in [2.24, 2.45) is 0 Å². The Morgan fingerprint density at radius 2 is 1.70 bits per heavy atom. The van der Waals surface area contributed by atoms with Gasteiger partial charge in [0.05, 0.1) is 13.2 Å². The van der Waals surface area contributed by atoms with Crippen LogP contribution in [-0.4, -0.2) is 72.9 Å². The lowest BCUT2D eigenvalue weighted by Crippen LogP contribution is -2.45. The first-order valence-electron chi connectivity index (χ1n) is 6.92. The number of hydrogen-bond donors (Lipinski definition) is 3. The number of piperidine rings is 2. The van der Waals surface area contributed by atoms with Gasteiger partial charge in [0.15, 0.2) is 0 Å². The Hall–Kier alpha value is -0.0100. The van der Waals surface area contributed by atoms with Crippen LogP contribution in [0.2, 0.25) is 0 Å². The molecule has 0 saturated carbocycles. The van der Waals surface area contributed by atoms with Crippen molar-refractivity contribution < 1.29 is 19.0 Å². The lowest BCUT2D eigenvalue weighted by molar-refractivity contribution is 0.00755. The van der Waals surface area contributed by atoms with Crippen molar-refractivity contribution in [1.29, 1.82) is 0 Å². The van der Waals surface area contributed by atoms with Crippen LogP contribution in [0.15, 0.2) is 0 Å². The topological polar surface area (TPSA) is 55.7 Å². The third kappa shape index (κ3) is 6.63. The molecule has 7 heteroatoms. The highest BCUT2D eigenvalue weighted by molar-refractivity contribution is 5.85. The van der Waals surface area contributed by atoms with Crippen molar-refractivity contribution in [3.8, 4) is 0 Å². The molecule has 4 nitrogen and oxygen atoms in total. The smallest absolute Gasteiger partial charge is 0.146 e. The number of halogens is 3. The van der Waals surface area contributed by atoms with Crippen LogP contribution >= 0.6 is 12.4 Å². The second-order valence-corrected chi connectivity index (χ2v) is 5.74. The number of nitrogens with one attached hydrogen (secondary N) is 1. The van der Waals surface area contributed by atoms with Crippen LogP contribution in [0, 0.1) is 0 Å². The zero-order chi connectivity index (χ0) is 14.4. The number of nitrogens with zero attached hydrogens (tertiary/aromatic N) is 1. The van der Waals surface area contributed by atoms with Gasteiger partial charge in [-0.25, -0.2) is 8.78 Å². The molecule has 2 rings (SSSR count). The van der Waals surface area contributed by atoms with Crippen LogP contribution in [0.25, 0.3) is 0 Å². The minimum atomic E-state index is -1.34. The van der Waals surface area contributed by atoms with E-state index in [9.17, 15) is 8.78 Å². The van der Waals surface area contributed by atoms with E-state index in [-0.39, 0.29) is 25.6 Å². The average Bonchev–Trinajstić information content (AvgIpc) is 2.40. The first-order chi connectivity index (χ1) is 8.93. The van der Waals surface area contributed by atoms with Gasteiger partial charge in [0.2, 0.25) is 0 Å². The van der Waals surface area contributed by atoms with Crippen LogP contribution in [0.5, 0.6) is 0 Å². The summed E-state index contributed by atoms with van der Waals surface area (Å²) in [5.41, 5.74) is -2.66. The maximum absolute atomic E-state index is 13.3. The molecule has 122 valence electrons. The van der Waals surface area contributed by atoms with E-state index >= 15 is 0 Å². The molecule has 0 spiro atoms. The van der Waals surface area contributed by atoms with Crippen molar-refractivity contribution in [1.82, 2.24) is 10.2 Å². The predicted molar refractivity (Wildman–Crippen MR) is 77.9 cm³/mol. The molecule has 20 heavy (non-hydrogen) atoms. The lowest BCUT2D eigenvalue weighted by Gasteiger charge is -2.33. The average molecular weight is 317 g/mol. The van der Waals surface area contributed by atoms with E-state index < -0.39 is 11.3 Å². The van der Waals surface area contributed by atoms with E-state index in [0.29, 0.717) is 25.9 Å². The molecule has 2 aliphatic heterocycles. The molecule has 3 N–H and O–H groups in total. The van der Waals surface area contributed by atoms with Gasteiger partial charge in [-0.3, -0.25) is 0 Å². The van der Waals surface area contributed by atoms with Crippen molar-refractivity contribution in [2.75, 3.05) is 46.4 Å². The highest BCUT2D eigenvalue weighted by Crippen LogP contribution is 2.23. The third-order valence-electron chi connectivity index (χ3n) is 3.70. The molecule has 0 aliphatic carbocycles. The van der Waals surface area contributed by atoms with Crippen molar-refractivity contribution in [3.63, 3.8) is 0 Å². The Morgan fingerprint density at radius 3 is 2.05 bits per heavy atom. The fraction of sp³-hybridized carbons (Fsp3) is 1.00. The summed E-state index contributed by atoms with van der Waals surface area (Å²) in [6.07, 6.45) is 2.69. The number of aliphatic hydroxyl groups excluding tert-OH is 2. The van der Waals surface area contributed by atoms with Crippen LogP contribution in [0.4, 0.5) is 8.78 Å². The molecule has 0 radical (unpaired) electrons. The zero-order valence-electron chi connectivity index (χ0n) is 12.1. The minimum absolute atomic E-state index is 0. The largest absolute Gasteiger partial charge is 0.393 e. The monoisotopic (exact) mass is 316 g/mol. The van der Waals surface area contributed by atoms with Crippen LogP contribution in [0.1, 0.15) is 25.7 Å². The Morgan fingerprint density at radius 1 is 1.10 bits per heavy atom. The van der Waals surface area contributed by atoms with Crippen molar-refractivity contribution in [2.45, 2.75) is 37.0 Å². The summed E-state index contributed by atoms with van der Waals surface area (Å²) in [7, 11) is 1.88. The fourth-order valence-corrected chi connectivity index (χ4v) is 2.50. The normalized spacial score (nSPS) is 34.6. The Labute approximate surface area is 125 Å². The van der Waals surface area contributed by atoms with E-state index in [0.717, 1.165) is 25.9 Å². The summed E-state index contributed by atoms with van der Waals surface area (Å²) in [6, 6.07) is 0. The number of likely N-dealkylation sites (tertiary alicyclic amines) is 1. The minimum Gasteiger partial charge on any atom is -0.393 e. The highest BCUT2D eigenvalue weighted by atomic mass is 35.5. The van der Waals surface area contributed by atoms with Gasteiger partial charge in [0.1, 0.15) is 11.3 Å². The molecular weight excluding hydrogens is 290 g/mol. The summed E-state index contributed by atoms with van der Waals surface area (Å²) in [4.78, 5) is 1.92. The summed E-state index contributed by atoms with van der Waals surface area (Å²) in [5, 5.41) is 20.1. The molecule has 0 aromatic rings. The van der Waals surface area contributed by atoms with Gasteiger partial charge in [-0.05, 0) is 45.8 Å². The zero-order valence-corrected chi connectivity index (χ0v) is 12.9. The molecule has 2 fully saturated rings. The third-order valence-corrected chi connectivity index (χ3v) is 3.70. The van der Waals surface area contributed by atoms with Crippen LogP contribution in [0.3, 0.4) is 0 Å². The predicted octanol–water partition coefficient (Wildman–Crippen LogP) is 0.905. The number of rotatable bonds is 2. The quantitative estimate of drug-likeness (QED) is 0.709. The number of alkyl halides is 2. The SMILES string of the molecule is CN1CCC[C@@](F)(CO)C1.Cl.OC[C@]1(F)CCCNC1. The first-order valence-corrected chi connectivity index (χ1v) is 6.92.